The summed E-state index contributed by atoms with van der Waals surface area (Å²) in [4.78, 5) is 0. The van der Waals surface area contributed by atoms with E-state index in [9.17, 15) is 0 Å². The zero-order chi connectivity index (χ0) is 21.9. The van der Waals surface area contributed by atoms with Gasteiger partial charge in [-0.3, -0.25) is 0 Å². The maximum atomic E-state index is 5.59. The van der Waals surface area contributed by atoms with Gasteiger partial charge in [0.05, 0.1) is 0 Å². The Hall–Kier alpha value is 0.523. The Morgan fingerprint density at radius 1 is 0.727 bits per heavy atom. The first-order chi connectivity index (χ1) is 15.2. The van der Waals surface area contributed by atoms with Crippen molar-refractivity contribution in [3.63, 3.8) is 0 Å². The van der Waals surface area contributed by atoms with Crippen LogP contribution in [-0.2, 0) is 17.9 Å². The van der Waals surface area contributed by atoms with Crippen LogP contribution in [0.4, 0.5) is 0 Å². The Morgan fingerprint density at radius 2 is 1.12 bits per heavy atom. The van der Waals surface area contributed by atoms with Crippen molar-refractivity contribution in [1.82, 2.24) is 0 Å². The summed E-state index contributed by atoms with van der Waals surface area (Å²) in [6.07, 6.45) is 23.9. The number of hydrogen-bond acceptors (Lipinski definition) is 1. The molecule has 4 rings (SSSR count). The van der Waals surface area contributed by atoms with Crippen LogP contribution < -0.4 is 29.6 Å². The second-order valence-electron chi connectivity index (χ2n) is 10.1. The Morgan fingerprint density at radius 3 is 1.48 bits per heavy atom. The predicted molar refractivity (Wildman–Crippen MR) is 135 cm³/mol. The fraction of sp³-hybridized carbons (Fsp3) is 0.750. The molecule has 0 spiro atoms. The minimum atomic E-state index is 0. The van der Waals surface area contributed by atoms with Gasteiger partial charge in [0.1, 0.15) is 0 Å². The summed E-state index contributed by atoms with van der Waals surface area (Å²) in [5.41, 5.74) is 4.70. The first kappa shape index (κ1) is 31.6. The van der Waals surface area contributed by atoms with E-state index >= 15 is 0 Å². The van der Waals surface area contributed by atoms with Crippen molar-refractivity contribution in [2.75, 3.05) is 0 Å². The van der Waals surface area contributed by atoms with Crippen molar-refractivity contribution in [1.29, 1.82) is 0 Å². The zero-order valence-electron chi connectivity index (χ0n) is 20.8. The molecule has 0 radical (unpaired) electrons. The van der Waals surface area contributed by atoms with E-state index in [1.54, 1.807) is 77.0 Å². The number of hydrogen-bond donors (Lipinski definition) is 0. The summed E-state index contributed by atoms with van der Waals surface area (Å²) in [7, 11) is 0.385. The average molecular weight is 601 g/mol. The van der Waals surface area contributed by atoms with Crippen molar-refractivity contribution in [3.05, 3.63) is 29.8 Å². The average Bonchev–Trinajstić information content (AvgIpc) is 2.82. The molecule has 33 heavy (non-hydrogen) atoms. The van der Waals surface area contributed by atoms with E-state index in [4.69, 9.17) is 4.74 Å². The smallest absolute Gasteiger partial charge is 1.00 e. The van der Waals surface area contributed by atoms with Crippen LogP contribution in [-0.4, -0.2) is 27.7 Å². The van der Waals surface area contributed by atoms with Crippen LogP contribution in [0.1, 0.15) is 116 Å². The minimum absolute atomic E-state index is 0. The molecule has 3 aliphatic carbocycles. The second-order valence-corrected chi connectivity index (χ2v) is 13.7. The molecule has 0 unspecified atom stereocenters. The SMILES string of the molecule is C1CCC(P(C2CCCCC2)C2CCCCC2)CC1.CC(C)Oc1ccccc1[CH]=[Ru+].[Cl-].[Cl-]. The van der Waals surface area contributed by atoms with Gasteiger partial charge < -0.3 is 24.8 Å². The van der Waals surface area contributed by atoms with E-state index in [2.05, 4.69) is 17.9 Å². The molecule has 1 aromatic rings. The van der Waals surface area contributed by atoms with Crippen LogP contribution in [0.15, 0.2) is 24.3 Å². The fourth-order valence-electron chi connectivity index (χ4n) is 5.96. The Labute approximate surface area is 227 Å². The first-order valence-electron chi connectivity index (χ1n) is 13.1. The van der Waals surface area contributed by atoms with Crippen molar-refractivity contribution in [2.45, 2.75) is 133 Å². The van der Waals surface area contributed by atoms with Gasteiger partial charge in [0.25, 0.3) is 0 Å². The molecule has 0 heterocycles. The Bertz CT molecular complexity index is 596. The van der Waals surface area contributed by atoms with Crippen molar-refractivity contribution < 1.29 is 47.4 Å². The van der Waals surface area contributed by atoms with Crippen LogP contribution in [0.3, 0.4) is 0 Å². The fourth-order valence-corrected chi connectivity index (χ4v) is 11.0. The number of ether oxygens (including phenoxy) is 1. The molecule has 1 aromatic carbocycles. The zero-order valence-corrected chi connectivity index (χ0v) is 24.9. The van der Waals surface area contributed by atoms with Crippen molar-refractivity contribution in [2.24, 2.45) is 0 Å². The third-order valence-electron chi connectivity index (χ3n) is 7.38. The monoisotopic (exact) mass is 600 g/mol. The molecule has 0 saturated heterocycles. The van der Waals surface area contributed by atoms with E-state index in [-0.39, 0.29) is 30.9 Å². The standard InChI is InChI=1S/C18H33P.C10H12O.2ClH.Ru/c1-4-10-16(11-5-1)19(17-12-6-2-7-13-17)18-14-8-3-9-15-18;1-8(2)11-10-7-5-4-6-9(10)3;;;/h16-18H,1-15H2;3-8H,1-2H3;2*1H;/q;;;;+1/p-2. The van der Waals surface area contributed by atoms with E-state index in [0.29, 0.717) is 7.92 Å². The molecule has 3 saturated carbocycles. The molecule has 1 nitrogen and oxygen atoms in total. The molecule has 3 aliphatic rings. The van der Waals surface area contributed by atoms with Gasteiger partial charge in [0.15, 0.2) is 0 Å². The maximum Gasteiger partial charge on any atom is -1.00 e. The molecular formula is C28H45Cl2OPRu-. The molecule has 3 fully saturated rings. The van der Waals surface area contributed by atoms with E-state index in [1.165, 1.54) is 36.2 Å². The van der Waals surface area contributed by atoms with Crippen LogP contribution in [0.5, 0.6) is 5.75 Å². The molecule has 0 atom stereocenters. The van der Waals surface area contributed by atoms with Crippen LogP contribution >= 0.6 is 7.92 Å². The summed E-state index contributed by atoms with van der Waals surface area (Å²) in [5, 5.41) is 0. The van der Waals surface area contributed by atoms with Gasteiger partial charge in [-0.15, -0.1) is 0 Å². The van der Waals surface area contributed by atoms with Gasteiger partial charge in [0, 0.05) is 0 Å². The third kappa shape index (κ3) is 10.6. The molecule has 0 N–H and O–H groups in total. The summed E-state index contributed by atoms with van der Waals surface area (Å²) < 4.78 is 7.58. The summed E-state index contributed by atoms with van der Waals surface area (Å²) >= 11 is 2.49. The largest absolute Gasteiger partial charge is 1.00 e. The molecule has 191 valence electrons. The Balaban J connectivity index is 0.000000342. The number of para-hydroxylation sites is 1. The molecule has 5 heteroatoms. The number of rotatable bonds is 6. The third-order valence-corrected chi connectivity index (χ3v) is 12.0. The van der Waals surface area contributed by atoms with Crippen LogP contribution in [0, 0.1) is 0 Å². The molecule has 0 bridgehead atoms. The summed E-state index contributed by atoms with van der Waals surface area (Å²) in [5.74, 6) is 0.950. The van der Waals surface area contributed by atoms with E-state index in [0.717, 1.165) is 11.3 Å². The molecule has 0 amide bonds. The maximum absolute atomic E-state index is 5.59. The molecular weight excluding hydrogens is 555 g/mol. The van der Waals surface area contributed by atoms with Gasteiger partial charge in [-0.25, -0.2) is 0 Å². The quantitative estimate of drug-likeness (QED) is 0.361. The second kappa shape index (κ2) is 17.9. The van der Waals surface area contributed by atoms with Gasteiger partial charge in [0.2, 0.25) is 0 Å². The molecule has 0 aromatic heterocycles. The van der Waals surface area contributed by atoms with Gasteiger partial charge in [-0.05, 0) is 55.5 Å². The van der Waals surface area contributed by atoms with E-state index < -0.39 is 0 Å². The number of halogens is 2. The van der Waals surface area contributed by atoms with Gasteiger partial charge in [-0.2, -0.15) is 0 Å². The normalized spacial score (nSPS) is 20.2. The predicted octanol–water partition coefficient (Wildman–Crippen LogP) is 2.65. The topological polar surface area (TPSA) is 9.23 Å². The van der Waals surface area contributed by atoms with Gasteiger partial charge in [-0.1, -0.05) is 65.7 Å². The van der Waals surface area contributed by atoms with Gasteiger partial charge >= 0.3 is 82.7 Å². The van der Waals surface area contributed by atoms with Crippen LogP contribution in [0.25, 0.3) is 0 Å². The number of benzene rings is 1. The summed E-state index contributed by atoms with van der Waals surface area (Å²) in [6.45, 7) is 4.06. The molecule has 0 aliphatic heterocycles. The van der Waals surface area contributed by atoms with Crippen LogP contribution in [0.2, 0.25) is 0 Å². The Kier molecular flexibility index (Phi) is 17.1. The van der Waals surface area contributed by atoms with Crippen molar-refractivity contribution in [3.8, 4) is 5.75 Å². The first-order valence-corrected chi connectivity index (χ1v) is 15.7. The summed E-state index contributed by atoms with van der Waals surface area (Å²) in [6, 6.07) is 8.01. The van der Waals surface area contributed by atoms with Crippen molar-refractivity contribution >= 4 is 12.5 Å². The van der Waals surface area contributed by atoms with E-state index in [1.807, 2.05) is 42.7 Å². The minimum Gasteiger partial charge on any atom is -1.00 e.